The number of fused-ring (bicyclic) bond motifs is 4. The maximum atomic E-state index is 12.8. The lowest BCUT2D eigenvalue weighted by Crippen LogP contribution is -2.36. The van der Waals surface area contributed by atoms with Crippen LogP contribution in [0.4, 0.5) is 0 Å². The minimum atomic E-state index is -0.246. The second-order valence-corrected chi connectivity index (χ2v) is 13.5. The number of hydrogen-bond donors (Lipinski definition) is 0. The highest BCUT2D eigenvalue weighted by atomic mass is 35.5. The first-order valence-corrected chi connectivity index (χ1v) is 15.2. The van der Waals surface area contributed by atoms with Crippen molar-refractivity contribution in [3.05, 3.63) is 80.9 Å². The van der Waals surface area contributed by atoms with Crippen LogP contribution < -0.4 is 0 Å². The molecule has 2 nitrogen and oxygen atoms in total. The van der Waals surface area contributed by atoms with Crippen LogP contribution in [0.3, 0.4) is 0 Å². The molecule has 0 bridgehead atoms. The van der Waals surface area contributed by atoms with Crippen molar-refractivity contribution in [3.8, 4) is 0 Å². The lowest BCUT2D eigenvalue weighted by Gasteiger charge is -2.45. The highest BCUT2D eigenvalue weighted by Gasteiger charge is 2.51. The number of benzene rings is 2. The SMILES string of the molecule is Cc1c2c(cc3c1CC[C@]1(C)[C@@H]([C@H](C)/C=C/[C@H](C)C(C)C)CC[C@@H]31)CC(OC(=O)c1ccc(Cl)cc1)CC2. The number of ether oxygens (including phenoxy) is 1. The number of carbonyl (C=O) groups excluding carboxylic acids is 1. The van der Waals surface area contributed by atoms with Gasteiger partial charge in [-0.15, -0.1) is 0 Å². The summed E-state index contributed by atoms with van der Waals surface area (Å²) in [7, 11) is 0. The molecule has 2 aromatic rings. The van der Waals surface area contributed by atoms with E-state index < -0.39 is 0 Å². The summed E-state index contributed by atoms with van der Waals surface area (Å²) < 4.78 is 5.99. The van der Waals surface area contributed by atoms with Crippen LogP contribution in [0.2, 0.25) is 5.02 Å². The maximum absolute atomic E-state index is 12.8. The van der Waals surface area contributed by atoms with Gasteiger partial charge in [0, 0.05) is 11.4 Å². The Bertz CT molecular complexity index is 1210. The number of halogens is 1. The summed E-state index contributed by atoms with van der Waals surface area (Å²) in [5.74, 6) is 3.06. The van der Waals surface area contributed by atoms with Crippen molar-refractivity contribution < 1.29 is 9.53 Å². The predicted octanol–water partition coefficient (Wildman–Crippen LogP) is 9.29. The molecule has 1 fully saturated rings. The van der Waals surface area contributed by atoms with E-state index in [0.717, 1.165) is 25.2 Å². The Morgan fingerprint density at radius 3 is 2.47 bits per heavy atom. The van der Waals surface area contributed by atoms with Crippen LogP contribution in [0.5, 0.6) is 0 Å². The van der Waals surface area contributed by atoms with Gasteiger partial charge in [0.05, 0.1) is 5.56 Å². The number of rotatable bonds is 6. The molecule has 3 heteroatoms. The average Bonchev–Trinajstić information content (AvgIpc) is 3.25. The van der Waals surface area contributed by atoms with E-state index in [1.165, 1.54) is 42.4 Å². The van der Waals surface area contributed by atoms with Crippen LogP contribution in [-0.2, 0) is 24.0 Å². The zero-order valence-electron chi connectivity index (χ0n) is 24.1. The van der Waals surface area contributed by atoms with Gasteiger partial charge in [0.1, 0.15) is 6.10 Å². The summed E-state index contributed by atoms with van der Waals surface area (Å²) in [6.45, 7) is 14.4. The van der Waals surface area contributed by atoms with E-state index in [1.807, 2.05) is 0 Å². The zero-order valence-corrected chi connectivity index (χ0v) is 24.9. The Hall–Kier alpha value is -2.06. The molecule has 38 heavy (non-hydrogen) atoms. The molecule has 1 unspecified atom stereocenters. The summed E-state index contributed by atoms with van der Waals surface area (Å²) in [5.41, 5.74) is 8.60. The summed E-state index contributed by atoms with van der Waals surface area (Å²) >= 11 is 6.00. The van der Waals surface area contributed by atoms with Crippen LogP contribution in [0.25, 0.3) is 0 Å². The van der Waals surface area contributed by atoms with E-state index in [-0.39, 0.29) is 12.1 Å². The fraction of sp³-hybridized carbons (Fsp3) is 0.571. The molecule has 2 aromatic carbocycles. The van der Waals surface area contributed by atoms with Crippen molar-refractivity contribution in [2.24, 2.45) is 29.1 Å². The van der Waals surface area contributed by atoms with Gasteiger partial charge in [-0.3, -0.25) is 0 Å². The number of esters is 1. The fourth-order valence-electron chi connectivity index (χ4n) is 7.83. The van der Waals surface area contributed by atoms with Gasteiger partial charge < -0.3 is 4.74 Å². The number of hydrogen-bond acceptors (Lipinski definition) is 2. The van der Waals surface area contributed by atoms with Crippen LogP contribution in [0.15, 0.2) is 42.5 Å². The molecule has 0 heterocycles. The van der Waals surface area contributed by atoms with E-state index >= 15 is 0 Å². The molecular weight excluding hydrogens is 488 g/mol. The Morgan fingerprint density at radius 2 is 1.76 bits per heavy atom. The fourth-order valence-corrected chi connectivity index (χ4v) is 7.96. The van der Waals surface area contributed by atoms with Crippen molar-refractivity contribution in [2.45, 2.75) is 98.5 Å². The largest absolute Gasteiger partial charge is 0.458 e. The quantitative estimate of drug-likeness (QED) is 0.273. The van der Waals surface area contributed by atoms with Crippen LogP contribution in [-0.4, -0.2) is 12.1 Å². The Morgan fingerprint density at radius 1 is 1.03 bits per heavy atom. The van der Waals surface area contributed by atoms with Crippen molar-refractivity contribution >= 4 is 17.6 Å². The van der Waals surface area contributed by atoms with Gasteiger partial charge >= 0.3 is 5.97 Å². The molecule has 6 atom stereocenters. The van der Waals surface area contributed by atoms with Crippen LogP contribution >= 0.6 is 11.6 Å². The third-order valence-corrected chi connectivity index (χ3v) is 10.8. The second-order valence-electron chi connectivity index (χ2n) is 13.1. The number of carbonyl (C=O) groups is 1. The van der Waals surface area contributed by atoms with E-state index in [1.54, 1.807) is 35.4 Å². The van der Waals surface area contributed by atoms with Gasteiger partial charge in [-0.25, -0.2) is 4.79 Å². The average molecular weight is 533 g/mol. The molecule has 1 saturated carbocycles. The van der Waals surface area contributed by atoms with E-state index in [0.29, 0.717) is 39.7 Å². The van der Waals surface area contributed by atoms with Gasteiger partial charge in [0.25, 0.3) is 0 Å². The molecule has 0 radical (unpaired) electrons. The maximum Gasteiger partial charge on any atom is 0.338 e. The lowest BCUT2D eigenvalue weighted by atomic mass is 9.60. The minimum Gasteiger partial charge on any atom is -0.458 e. The topological polar surface area (TPSA) is 26.3 Å². The predicted molar refractivity (Wildman–Crippen MR) is 158 cm³/mol. The molecule has 0 aliphatic heterocycles. The highest BCUT2D eigenvalue weighted by Crippen LogP contribution is 2.61. The third-order valence-electron chi connectivity index (χ3n) is 10.6. The third kappa shape index (κ3) is 5.10. The van der Waals surface area contributed by atoms with Gasteiger partial charge in [-0.1, -0.05) is 64.4 Å². The van der Waals surface area contributed by atoms with Crippen molar-refractivity contribution in [2.75, 3.05) is 0 Å². The molecule has 0 aromatic heterocycles. The Labute approximate surface area is 235 Å². The zero-order chi connectivity index (χ0) is 27.2. The molecule has 204 valence electrons. The first-order chi connectivity index (χ1) is 18.1. The first-order valence-electron chi connectivity index (χ1n) is 14.9. The summed E-state index contributed by atoms with van der Waals surface area (Å²) in [4.78, 5) is 12.8. The molecule has 3 aliphatic carbocycles. The van der Waals surface area contributed by atoms with Gasteiger partial charge in [-0.2, -0.15) is 0 Å². The molecule has 0 N–H and O–H groups in total. The van der Waals surface area contributed by atoms with Gasteiger partial charge in [0.2, 0.25) is 0 Å². The van der Waals surface area contributed by atoms with Crippen molar-refractivity contribution in [1.29, 1.82) is 0 Å². The number of allylic oxidation sites excluding steroid dienone is 2. The van der Waals surface area contributed by atoms with Crippen molar-refractivity contribution in [3.63, 3.8) is 0 Å². The second kappa shape index (κ2) is 10.8. The monoisotopic (exact) mass is 532 g/mol. The molecule has 3 aliphatic rings. The van der Waals surface area contributed by atoms with Crippen molar-refractivity contribution in [1.82, 2.24) is 0 Å². The van der Waals surface area contributed by atoms with E-state index in [9.17, 15) is 4.79 Å². The molecular formula is C35H45ClO2. The Balaban J connectivity index is 1.36. The smallest absolute Gasteiger partial charge is 0.338 e. The van der Waals surface area contributed by atoms with Gasteiger partial charge in [0.15, 0.2) is 0 Å². The van der Waals surface area contributed by atoms with Gasteiger partial charge in [-0.05, 0) is 133 Å². The minimum absolute atomic E-state index is 0.0671. The first kappa shape index (κ1) is 27.5. The van der Waals surface area contributed by atoms with Crippen LogP contribution in [0.1, 0.15) is 104 Å². The van der Waals surface area contributed by atoms with E-state index in [2.05, 4.69) is 59.8 Å². The lowest BCUT2D eigenvalue weighted by molar-refractivity contribution is 0.0270. The summed E-state index contributed by atoms with van der Waals surface area (Å²) in [6.07, 6.45) is 12.7. The molecule has 0 amide bonds. The highest BCUT2D eigenvalue weighted by molar-refractivity contribution is 6.30. The molecule has 0 spiro atoms. The molecule has 0 saturated heterocycles. The molecule has 5 rings (SSSR count). The standard InChI is InChI=1S/C35H45ClO2/c1-21(2)22(3)7-8-23(4)32-15-16-33-31-20-26-19-28(38-34(37)25-9-11-27(36)12-10-25)13-14-29(26)24(5)30(31)17-18-35(32,33)6/h7-12,20-23,28,32-33H,13-19H2,1-6H3/b8-7+/t22-,23+,28?,32+,33-,35+/m0/s1. The van der Waals surface area contributed by atoms with E-state index in [4.69, 9.17) is 16.3 Å². The van der Waals surface area contributed by atoms with Crippen LogP contribution in [0, 0.1) is 36.0 Å². The summed E-state index contributed by atoms with van der Waals surface area (Å²) in [5, 5.41) is 0.630. The summed E-state index contributed by atoms with van der Waals surface area (Å²) in [6, 6.07) is 9.53. The normalized spacial score (nSPS) is 28.1. The Kier molecular flexibility index (Phi) is 7.84.